The summed E-state index contributed by atoms with van der Waals surface area (Å²) in [5, 5.41) is 16.0. The molecule has 0 radical (unpaired) electrons. The Morgan fingerprint density at radius 3 is 1.86 bits per heavy atom. The van der Waals surface area contributed by atoms with Gasteiger partial charge in [0.25, 0.3) is 0 Å². The average molecular weight is 689 g/mol. The van der Waals surface area contributed by atoms with Crippen molar-refractivity contribution >= 4 is 17.8 Å². The second-order valence-electron chi connectivity index (χ2n) is 12.5. The van der Waals surface area contributed by atoms with Crippen molar-refractivity contribution in [1.29, 1.82) is 0 Å². The van der Waals surface area contributed by atoms with Gasteiger partial charge in [-0.3, -0.25) is 14.4 Å². The van der Waals surface area contributed by atoms with E-state index in [0.29, 0.717) is 25.9 Å². The number of aliphatic hydroxyl groups excluding tert-OH is 1. The Morgan fingerprint density at radius 2 is 1.25 bits per heavy atom. The molecule has 4 aromatic rings. The smallest absolute Gasteiger partial charge is 0.309 e. The maximum absolute atomic E-state index is 13.6. The molecular formula is C43H48N2O6. The van der Waals surface area contributed by atoms with Crippen molar-refractivity contribution in [2.24, 2.45) is 11.8 Å². The number of esters is 1. The van der Waals surface area contributed by atoms with Gasteiger partial charge in [-0.2, -0.15) is 0 Å². The van der Waals surface area contributed by atoms with Gasteiger partial charge in [-0.15, -0.1) is 13.2 Å². The van der Waals surface area contributed by atoms with Crippen LogP contribution in [0.2, 0.25) is 0 Å². The molecule has 0 aromatic heterocycles. The molecule has 0 aliphatic rings. The number of benzene rings is 4. The van der Waals surface area contributed by atoms with E-state index in [1.807, 2.05) is 115 Å². The Bertz CT molecular complexity index is 1660. The molecule has 8 heteroatoms. The van der Waals surface area contributed by atoms with Crippen LogP contribution in [0, 0.1) is 11.8 Å². The Kier molecular flexibility index (Phi) is 15.7. The zero-order chi connectivity index (χ0) is 36.3. The van der Waals surface area contributed by atoms with Crippen LogP contribution in [-0.2, 0) is 38.6 Å². The van der Waals surface area contributed by atoms with Crippen LogP contribution in [0.25, 0.3) is 0 Å². The van der Waals surface area contributed by atoms with Crippen LogP contribution in [-0.4, -0.2) is 42.1 Å². The summed E-state index contributed by atoms with van der Waals surface area (Å²) in [5.74, 6) is -1.53. The van der Waals surface area contributed by atoms with Gasteiger partial charge in [0, 0.05) is 6.42 Å². The third-order valence-electron chi connectivity index (χ3n) is 8.51. The van der Waals surface area contributed by atoms with Crippen LogP contribution in [0.4, 0.5) is 0 Å². The first kappa shape index (κ1) is 38.3. The van der Waals surface area contributed by atoms with Crippen molar-refractivity contribution in [3.8, 4) is 5.75 Å². The maximum atomic E-state index is 13.6. The summed E-state index contributed by atoms with van der Waals surface area (Å²) < 4.78 is 11.7. The van der Waals surface area contributed by atoms with Gasteiger partial charge in [0.15, 0.2) is 0 Å². The predicted octanol–water partition coefficient (Wildman–Crippen LogP) is 6.70. The second-order valence-corrected chi connectivity index (χ2v) is 12.5. The van der Waals surface area contributed by atoms with E-state index in [9.17, 15) is 19.5 Å². The molecule has 4 atom stereocenters. The lowest BCUT2D eigenvalue weighted by molar-refractivity contribution is -0.150. The highest BCUT2D eigenvalue weighted by Crippen LogP contribution is 2.21. The van der Waals surface area contributed by atoms with Crippen molar-refractivity contribution in [3.05, 3.63) is 163 Å². The van der Waals surface area contributed by atoms with E-state index in [2.05, 4.69) is 23.8 Å². The summed E-state index contributed by atoms with van der Waals surface area (Å²) in [6, 6.07) is 35.2. The Hall–Kier alpha value is -5.47. The number of allylic oxidation sites excluding steroid dienone is 2. The summed E-state index contributed by atoms with van der Waals surface area (Å²) in [7, 11) is 0. The third-order valence-corrected chi connectivity index (χ3v) is 8.51. The number of ether oxygens (including phenoxy) is 2. The summed E-state index contributed by atoms with van der Waals surface area (Å²) in [5.41, 5.74) is 3.77. The molecule has 266 valence electrons. The average Bonchev–Trinajstić information content (AvgIpc) is 3.16. The molecule has 0 fully saturated rings. The number of hydrogen-bond acceptors (Lipinski definition) is 6. The van der Waals surface area contributed by atoms with Crippen molar-refractivity contribution < 1.29 is 29.0 Å². The number of amides is 2. The Balaban J connectivity index is 1.33. The lowest BCUT2D eigenvalue weighted by atomic mass is 9.96. The number of hydrogen-bond donors (Lipinski definition) is 3. The van der Waals surface area contributed by atoms with Crippen LogP contribution >= 0.6 is 0 Å². The predicted molar refractivity (Wildman–Crippen MR) is 200 cm³/mol. The summed E-state index contributed by atoms with van der Waals surface area (Å²) in [4.78, 5) is 40.1. The van der Waals surface area contributed by atoms with Gasteiger partial charge < -0.3 is 25.2 Å². The molecule has 0 unspecified atom stereocenters. The highest BCUT2D eigenvalue weighted by atomic mass is 16.5. The minimum absolute atomic E-state index is 0.0767. The van der Waals surface area contributed by atoms with E-state index in [4.69, 9.17) is 9.47 Å². The van der Waals surface area contributed by atoms with E-state index >= 15 is 0 Å². The molecule has 51 heavy (non-hydrogen) atoms. The zero-order valence-corrected chi connectivity index (χ0v) is 29.0. The molecule has 2 amide bonds. The molecule has 0 spiro atoms. The van der Waals surface area contributed by atoms with E-state index in [1.54, 1.807) is 12.2 Å². The number of nitrogens with one attached hydrogen (secondary N) is 2. The van der Waals surface area contributed by atoms with Gasteiger partial charge in [-0.05, 0) is 60.1 Å². The SMILES string of the molecule is C=CC[C@@H](CC(=O)N[C@H](CO)Cc1ccc(OCc2ccccc2)cc1)C(=O)N[C@@H](COC(=O)[C@@H](CC=C)Cc1ccccc1)c1ccccc1. The van der Waals surface area contributed by atoms with Crippen molar-refractivity contribution in [2.75, 3.05) is 13.2 Å². The first-order valence-electron chi connectivity index (χ1n) is 17.3. The van der Waals surface area contributed by atoms with Gasteiger partial charge in [-0.25, -0.2) is 0 Å². The number of carbonyl (C=O) groups is 3. The first-order valence-corrected chi connectivity index (χ1v) is 17.3. The summed E-state index contributed by atoms with van der Waals surface area (Å²) >= 11 is 0. The topological polar surface area (TPSA) is 114 Å². The summed E-state index contributed by atoms with van der Waals surface area (Å²) in [6.45, 7) is 7.70. The summed E-state index contributed by atoms with van der Waals surface area (Å²) in [6.07, 6.45) is 4.81. The lowest BCUT2D eigenvalue weighted by Crippen LogP contribution is -2.42. The van der Waals surface area contributed by atoms with Crippen molar-refractivity contribution in [3.63, 3.8) is 0 Å². The highest BCUT2D eigenvalue weighted by Gasteiger charge is 2.27. The highest BCUT2D eigenvalue weighted by molar-refractivity contribution is 5.86. The molecule has 0 aliphatic heterocycles. The first-order chi connectivity index (χ1) is 24.9. The van der Waals surface area contributed by atoms with Crippen LogP contribution in [0.1, 0.15) is 47.6 Å². The Labute approximate surface area is 301 Å². The number of rotatable bonds is 21. The van der Waals surface area contributed by atoms with Crippen LogP contribution in [0.15, 0.2) is 141 Å². The molecule has 0 saturated carbocycles. The fourth-order valence-corrected chi connectivity index (χ4v) is 5.75. The lowest BCUT2D eigenvalue weighted by Gasteiger charge is -2.24. The standard InChI is InChI=1S/C43H48N2O6/c1-3-14-36(28-41(47)44-38(29-46)27-33-22-24-39(25-23-33)50-30-34-18-10-6-11-19-34)42(48)45-40(35-20-12-7-13-21-35)31-51-43(49)37(15-4-2)26-32-16-8-5-9-17-32/h3-13,16-25,36-38,40,46H,1-2,14-15,26-31H2,(H,44,47)(H,45,48)/t36-,37-,38-,40-/m0/s1. The van der Waals surface area contributed by atoms with Crippen LogP contribution in [0.3, 0.4) is 0 Å². The van der Waals surface area contributed by atoms with Crippen molar-refractivity contribution in [2.45, 2.75) is 50.8 Å². The van der Waals surface area contributed by atoms with Crippen molar-refractivity contribution in [1.82, 2.24) is 10.6 Å². The Morgan fingerprint density at radius 1 is 0.686 bits per heavy atom. The third kappa shape index (κ3) is 13.1. The fraction of sp³-hybridized carbons (Fsp3) is 0.279. The zero-order valence-electron chi connectivity index (χ0n) is 29.0. The minimum Gasteiger partial charge on any atom is -0.489 e. The van der Waals surface area contributed by atoms with Gasteiger partial charge in [0.1, 0.15) is 19.0 Å². The van der Waals surface area contributed by atoms with Crippen LogP contribution in [0.5, 0.6) is 5.75 Å². The second kappa shape index (κ2) is 20.9. The number of aliphatic hydroxyl groups is 1. The molecule has 0 heterocycles. The molecule has 0 saturated heterocycles. The van der Waals surface area contributed by atoms with E-state index in [1.165, 1.54) is 0 Å². The maximum Gasteiger partial charge on any atom is 0.309 e. The minimum atomic E-state index is -0.726. The van der Waals surface area contributed by atoms with Gasteiger partial charge in [-0.1, -0.05) is 115 Å². The normalized spacial score (nSPS) is 13.1. The monoisotopic (exact) mass is 688 g/mol. The molecule has 4 aromatic carbocycles. The fourth-order valence-electron chi connectivity index (χ4n) is 5.75. The van der Waals surface area contributed by atoms with E-state index < -0.39 is 23.9 Å². The molecular weight excluding hydrogens is 640 g/mol. The molecule has 4 rings (SSSR count). The quantitative estimate of drug-likeness (QED) is 0.0663. The molecule has 3 N–H and O–H groups in total. The largest absolute Gasteiger partial charge is 0.489 e. The van der Waals surface area contributed by atoms with Gasteiger partial charge >= 0.3 is 5.97 Å². The van der Waals surface area contributed by atoms with E-state index in [-0.39, 0.29) is 43.8 Å². The van der Waals surface area contributed by atoms with Gasteiger partial charge in [0.05, 0.1) is 30.5 Å². The molecule has 0 bridgehead atoms. The molecule has 0 aliphatic carbocycles. The van der Waals surface area contributed by atoms with Gasteiger partial charge in [0.2, 0.25) is 11.8 Å². The van der Waals surface area contributed by atoms with Crippen LogP contribution < -0.4 is 15.4 Å². The number of carbonyl (C=O) groups excluding carboxylic acids is 3. The molecule has 8 nitrogen and oxygen atoms in total. The van der Waals surface area contributed by atoms with E-state index in [0.717, 1.165) is 28.0 Å².